The highest BCUT2D eigenvalue weighted by Gasteiger charge is 2.16. The summed E-state index contributed by atoms with van der Waals surface area (Å²) in [6.07, 6.45) is 0.868. The lowest BCUT2D eigenvalue weighted by Gasteiger charge is -2.10. The standard InChI is InChI=1S/C12H17N3O4/c1-3-8(13)6-12(16)14-9-4-5-11(19-2)10(7-9)15(17)18/h4-5,7-8H,3,6,13H2,1-2H3,(H,14,16). The van der Waals surface area contributed by atoms with Gasteiger partial charge in [0.1, 0.15) is 0 Å². The molecule has 0 saturated heterocycles. The molecule has 19 heavy (non-hydrogen) atoms. The molecule has 0 bridgehead atoms. The number of carbonyl (C=O) groups is 1. The minimum Gasteiger partial charge on any atom is -0.490 e. The van der Waals surface area contributed by atoms with Gasteiger partial charge in [0.05, 0.1) is 12.0 Å². The molecular formula is C12H17N3O4. The van der Waals surface area contributed by atoms with Gasteiger partial charge in [0, 0.05) is 24.2 Å². The molecule has 0 radical (unpaired) electrons. The van der Waals surface area contributed by atoms with Crippen LogP contribution in [0.25, 0.3) is 0 Å². The molecule has 1 amide bonds. The van der Waals surface area contributed by atoms with Crippen molar-refractivity contribution in [3.63, 3.8) is 0 Å². The average molecular weight is 267 g/mol. The molecule has 0 aliphatic carbocycles. The van der Waals surface area contributed by atoms with Crippen LogP contribution < -0.4 is 15.8 Å². The number of hydrogen-bond donors (Lipinski definition) is 2. The van der Waals surface area contributed by atoms with E-state index < -0.39 is 4.92 Å². The number of nitro benzene ring substituents is 1. The van der Waals surface area contributed by atoms with Gasteiger partial charge in [-0.05, 0) is 18.6 Å². The van der Waals surface area contributed by atoms with Gasteiger partial charge in [-0.2, -0.15) is 0 Å². The number of anilines is 1. The van der Waals surface area contributed by atoms with Crippen LogP contribution in [-0.2, 0) is 4.79 Å². The first-order valence-corrected chi connectivity index (χ1v) is 5.85. The van der Waals surface area contributed by atoms with Crippen molar-refractivity contribution in [2.24, 2.45) is 5.73 Å². The quantitative estimate of drug-likeness (QED) is 0.602. The van der Waals surface area contributed by atoms with Crippen LogP contribution in [0.4, 0.5) is 11.4 Å². The molecule has 1 unspecified atom stereocenters. The summed E-state index contributed by atoms with van der Waals surface area (Å²) in [6.45, 7) is 1.89. The highest BCUT2D eigenvalue weighted by atomic mass is 16.6. The fourth-order valence-electron chi connectivity index (χ4n) is 1.50. The highest BCUT2D eigenvalue weighted by molar-refractivity contribution is 5.91. The highest BCUT2D eigenvalue weighted by Crippen LogP contribution is 2.29. The van der Waals surface area contributed by atoms with Crippen molar-refractivity contribution in [3.8, 4) is 5.75 Å². The van der Waals surface area contributed by atoms with Crippen LogP contribution in [0.2, 0.25) is 0 Å². The monoisotopic (exact) mass is 267 g/mol. The largest absolute Gasteiger partial charge is 0.490 e. The summed E-state index contributed by atoms with van der Waals surface area (Å²) in [4.78, 5) is 21.9. The Balaban J connectivity index is 2.82. The summed E-state index contributed by atoms with van der Waals surface area (Å²) in [6, 6.07) is 4.02. The number of benzene rings is 1. The zero-order chi connectivity index (χ0) is 14.4. The van der Waals surface area contributed by atoms with Crippen molar-refractivity contribution in [2.75, 3.05) is 12.4 Å². The maximum atomic E-state index is 11.6. The Morgan fingerprint density at radius 3 is 2.79 bits per heavy atom. The van der Waals surface area contributed by atoms with Gasteiger partial charge in [-0.15, -0.1) is 0 Å². The molecule has 104 valence electrons. The van der Waals surface area contributed by atoms with Gasteiger partial charge in [0.25, 0.3) is 0 Å². The lowest BCUT2D eigenvalue weighted by molar-refractivity contribution is -0.385. The third-order valence-corrected chi connectivity index (χ3v) is 2.63. The van der Waals surface area contributed by atoms with Crippen LogP contribution in [0.3, 0.4) is 0 Å². The van der Waals surface area contributed by atoms with E-state index in [0.29, 0.717) is 12.1 Å². The summed E-state index contributed by atoms with van der Waals surface area (Å²) >= 11 is 0. The Hall–Kier alpha value is -2.15. The minimum atomic E-state index is -0.563. The van der Waals surface area contributed by atoms with E-state index in [1.807, 2.05) is 6.92 Å². The molecule has 0 aliphatic heterocycles. The summed E-state index contributed by atoms with van der Waals surface area (Å²) in [7, 11) is 1.35. The molecule has 7 nitrogen and oxygen atoms in total. The van der Waals surface area contributed by atoms with Gasteiger partial charge in [-0.1, -0.05) is 6.92 Å². The van der Waals surface area contributed by atoms with Crippen molar-refractivity contribution in [2.45, 2.75) is 25.8 Å². The third kappa shape index (κ3) is 4.22. The van der Waals surface area contributed by atoms with Gasteiger partial charge >= 0.3 is 5.69 Å². The Kier molecular flexibility index (Phi) is 5.25. The van der Waals surface area contributed by atoms with E-state index in [0.717, 1.165) is 0 Å². The predicted molar refractivity (Wildman–Crippen MR) is 71.2 cm³/mol. The summed E-state index contributed by atoms with van der Waals surface area (Å²) in [5.41, 5.74) is 5.82. The number of nitrogens with zero attached hydrogens (tertiary/aromatic N) is 1. The van der Waals surface area contributed by atoms with Crippen molar-refractivity contribution < 1.29 is 14.5 Å². The Morgan fingerprint density at radius 2 is 2.26 bits per heavy atom. The number of methoxy groups -OCH3 is 1. The normalized spacial score (nSPS) is 11.7. The molecule has 1 atom stereocenters. The average Bonchev–Trinajstić information content (AvgIpc) is 2.38. The van der Waals surface area contributed by atoms with Crippen LogP contribution in [0, 0.1) is 10.1 Å². The van der Waals surface area contributed by atoms with E-state index >= 15 is 0 Å². The number of carbonyl (C=O) groups excluding carboxylic acids is 1. The molecule has 0 aromatic heterocycles. The Morgan fingerprint density at radius 1 is 1.58 bits per heavy atom. The molecule has 1 rings (SSSR count). The lowest BCUT2D eigenvalue weighted by Crippen LogP contribution is -2.26. The topological polar surface area (TPSA) is 107 Å². The van der Waals surface area contributed by atoms with Crippen LogP contribution >= 0.6 is 0 Å². The van der Waals surface area contributed by atoms with E-state index in [1.54, 1.807) is 6.07 Å². The summed E-state index contributed by atoms with van der Waals surface area (Å²) in [5, 5.41) is 13.4. The van der Waals surface area contributed by atoms with Crippen LogP contribution in [0.1, 0.15) is 19.8 Å². The third-order valence-electron chi connectivity index (χ3n) is 2.63. The van der Waals surface area contributed by atoms with E-state index in [2.05, 4.69) is 5.32 Å². The summed E-state index contributed by atoms with van der Waals surface area (Å²) < 4.78 is 4.87. The van der Waals surface area contributed by atoms with E-state index in [1.165, 1.54) is 19.2 Å². The van der Waals surface area contributed by atoms with Crippen molar-refractivity contribution >= 4 is 17.3 Å². The van der Waals surface area contributed by atoms with Crippen molar-refractivity contribution in [3.05, 3.63) is 28.3 Å². The first-order chi connectivity index (χ1) is 8.97. The number of nitrogens with one attached hydrogen (secondary N) is 1. The number of rotatable bonds is 6. The van der Waals surface area contributed by atoms with Crippen molar-refractivity contribution in [1.29, 1.82) is 0 Å². The zero-order valence-electron chi connectivity index (χ0n) is 10.9. The number of hydrogen-bond acceptors (Lipinski definition) is 5. The van der Waals surface area contributed by atoms with E-state index in [9.17, 15) is 14.9 Å². The van der Waals surface area contributed by atoms with Gasteiger partial charge < -0.3 is 15.8 Å². The maximum absolute atomic E-state index is 11.6. The number of ether oxygens (including phenoxy) is 1. The lowest BCUT2D eigenvalue weighted by atomic mass is 10.1. The second-order valence-electron chi connectivity index (χ2n) is 4.06. The Bertz CT molecular complexity index is 476. The number of nitrogens with two attached hydrogens (primary N) is 1. The molecule has 0 heterocycles. The molecule has 0 spiro atoms. The zero-order valence-corrected chi connectivity index (χ0v) is 10.9. The first-order valence-electron chi connectivity index (χ1n) is 5.85. The SMILES string of the molecule is CCC(N)CC(=O)Nc1ccc(OC)c([N+](=O)[O-])c1. The Labute approximate surface area is 110 Å². The van der Waals surface area contributed by atoms with Gasteiger partial charge in [-0.25, -0.2) is 0 Å². The van der Waals surface area contributed by atoms with Gasteiger partial charge in [0.2, 0.25) is 5.91 Å². The molecule has 3 N–H and O–H groups in total. The van der Waals surface area contributed by atoms with E-state index in [4.69, 9.17) is 10.5 Å². The van der Waals surface area contributed by atoms with Crippen molar-refractivity contribution in [1.82, 2.24) is 0 Å². The van der Waals surface area contributed by atoms with Crippen LogP contribution in [0.5, 0.6) is 5.75 Å². The predicted octanol–water partition coefficient (Wildman–Crippen LogP) is 1.67. The first kappa shape index (κ1) is 14.9. The molecule has 0 aliphatic rings. The van der Waals surface area contributed by atoms with Gasteiger partial charge in [-0.3, -0.25) is 14.9 Å². The van der Waals surface area contributed by atoms with Gasteiger partial charge in [0.15, 0.2) is 5.75 Å². The second kappa shape index (κ2) is 6.69. The van der Waals surface area contributed by atoms with E-state index in [-0.39, 0.29) is 29.8 Å². The summed E-state index contributed by atoms with van der Waals surface area (Å²) in [5.74, 6) is -0.123. The molecule has 0 fully saturated rings. The molecule has 0 saturated carbocycles. The number of nitro groups is 1. The van der Waals surface area contributed by atoms with Crippen LogP contribution in [-0.4, -0.2) is 24.0 Å². The fraction of sp³-hybridized carbons (Fsp3) is 0.417. The van der Waals surface area contributed by atoms with Crippen LogP contribution in [0.15, 0.2) is 18.2 Å². The number of amides is 1. The minimum absolute atomic E-state index is 0.147. The molecule has 7 heteroatoms. The molecule has 1 aromatic rings. The molecular weight excluding hydrogens is 250 g/mol. The molecule has 1 aromatic carbocycles. The smallest absolute Gasteiger partial charge is 0.312 e. The fourth-order valence-corrected chi connectivity index (χ4v) is 1.50. The maximum Gasteiger partial charge on any atom is 0.312 e. The second-order valence-corrected chi connectivity index (χ2v) is 4.06.